The Balaban J connectivity index is 1.42. The van der Waals surface area contributed by atoms with Gasteiger partial charge in [0.05, 0.1) is 5.75 Å². The molecule has 0 saturated carbocycles. The number of nitrogens with zero attached hydrogens (tertiary/aromatic N) is 3. The number of Topliss-reactive ketones (excluding diaryl/α,β-unsaturated/α-hetero) is 1. The Morgan fingerprint density at radius 3 is 2.53 bits per heavy atom. The van der Waals surface area contributed by atoms with Crippen LogP contribution in [0.15, 0.2) is 63.2 Å². The number of aromatic nitrogens is 4. The predicted molar refractivity (Wildman–Crippen MR) is 125 cm³/mol. The van der Waals surface area contributed by atoms with Crippen molar-refractivity contribution in [1.29, 1.82) is 0 Å². The number of nitrogens with one attached hydrogen (secondary N) is 1. The fraction of sp³-hybridized carbons (Fsp3) is 0.0909. The monoisotopic (exact) mass is 448 g/mol. The van der Waals surface area contributed by atoms with Gasteiger partial charge in [-0.05, 0) is 41.9 Å². The third-order valence-corrected chi connectivity index (χ3v) is 6.93. The smallest absolute Gasteiger partial charge is 0.210 e. The van der Waals surface area contributed by atoms with Crippen LogP contribution in [0, 0.1) is 6.92 Å². The molecule has 0 aliphatic carbocycles. The molecule has 4 aromatic heterocycles. The number of hydrogen-bond acceptors (Lipinski definition) is 7. The summed E-state index contributed by atoms with van der Waals surface area (Å²) in [4.78, 5) is 20.8. The summed E-state index contributed by atoms with van der Waals surface area (Å²) in [5, 5.41) is 18.3. The number of rotatable bonds is 6. The molecule has 0 radical (unpaired) electrons. The van der Waals surface area contributed by atoms with Crippen molar-refractivity contribution < 1.29 is 4.79 Å². The summed E-state index contributed by atoms with van der Waals surface area (Å²) in [6.45, 7) is 2.02. The Hall–Kier alpha value is -2.81. The van der Waals surface area contributed by atoms with Crippen molar-refractivity contribution in [3.63, 3.8) is 0 Å². The molecule has 0 aliphatic heterocycles. The molecule has 5 rings (SSSR count). The molecule has 0 aliphatic rings. The van der Waals surface area contributed by atoms with E-state index in [0.29, 0.717) is 10.7 Å². The topological polar surface area (TPSA) is 71.5 Å². The van der Waals surface area contributed by atoms with Gasteiger partial charge in [0, 0.05) is 44.6 Å². The van der Waals surface area contributed by atoms with Crippen LogP contribution in [-0.2, 0) is 0 Å². The van der Waals surface area contributed by atoms with E-state index in [2.05, 4.69) is 15.2 Å². The highest BCUT2D eigenvalue weighted by atomic mass is 32.2. The zero-order valence-electron chi connectivity index (χ0n) is 16.0. The molecule has 0 fully saturated rings. The third-order valence-electron chi connectivity index (χ3n) is 4.73. The fourth-order valence-corrected chi connectivity index (χ4v) is 5.19. The van der Waals surface area contributed by atoms with Gasteiger partial charge in [0.15, 0.2) is 5.78 Å². The van der Waals surface area contributed by atoms with Crippen molar-refractivity contribution in [2.75, 3.05) is 5.75 Å². The van der Waals surface area contributed by atoms with Gasteiger partial charge in [0.25, 0.3) is 0 Å². The summed E-state index contributed by atoms with van der Waals surface area (Å²) >= 11 is 4.54. The van der Waals surface area contributed by atoms with E-state index in [1.165, 1.54) is 11.8 Å². The predicted octanol–water partition coefficient (Wildman–Crippen LogP) is 6.09. The first-order valence-electron chi connectivity index (χ1n) is 9.22. The van der Waals surface area contributed by atoms with Gasteiger partial charge in [-0.25, -0.2) is 4.98 Å². The number of fused-ring (bicyclic) bond motifs is 1. The summed E-state index contributed by atoms with van der Waals surface area (Å²) in [6.07, 6.45) is 1.78. The lowest BCUT2D eigenvalue weighted by molar-refractivity contribution is 0.102. The van der Waals surface area contributed by atoms with Crippen molar-refractivity contribution in [3.05, 3.63) is 69.2 Å². The summed E-state index contributed by atoms with van der Waals surface area (Å²) < 4.78 is 0. The number of thioether (sulfide) groups is 1. The Morgan fingerprint density at radius 2 is 1.80 bits per heavy atom. The van der Waals surface area contributed by atoms with E-state index >= 15 is 0 Å². The van der Waals surface area contributed by atoms with Crippen molar-refractivity contribution in [2.24, 2.45) is 0 Å². The maximum Gasteiger partial charge on any atom is 0.210 e. The van der Waals surface area contributed by atoms with Crippen LogP contribution in [0.25, 0.3) is 33.4 Å². The average Bonchev–Trinajstić information content (AvgIpc) is 3.53. The van der Waals surface area contributed by atoms with Crippen LogP contribution in [0.1, 0.15) is 15.9 Å². The quantitative estimate of drug-likeness (QED) is 0.251. The number of carbonyl (C=O) groups excluding carboxylic acids is 1. The molecule has 5 aromatic rings. The van der Waals surface area contributed by atoms with E-state index < -0.39 is 0 Å². The van der Waals surface area contributed by atoms with Crippen molar-refractivity contribution in [2.45, 2.75) is 12.1 Å². The van der Waals surface area contributed by atoms with Crippen molar-refractivity contribution in [3.8, 4) is 22.5 Å². The Bertz CT molecular complexity index is 1320. The third kappa shape index (κ3) is 3.69. The molecule has 0 unspecified atom stereocenters. The molecule has 4 heterocycles. The maximum absolute atomic E-state index is 12.9. The lowest BCUT2D eigenvalue weighted by atomic mass is 10.1. The maximum atomic E-state index is 12.9. The SMILES string of the molecule is Cc1ccc2[nH]cc(C(=O)CSc3nnc(-c4ccsc4)c(-c4ccsc4)n3)c2c1. The van der Waals surface area contributed by atoms with Crippen LogP contribution in [-0.4, -0.2) is 31.7 Å². The number of benzene rings is 1. The van der Waals surface area contributed by atoms with Gasteiger partial charge in [0.1, 0.15) is 11.4 Å². The zero-order chi connectivity index (χ0) is 20.5. The van der Waals surface area contributed by atoms with Gasteiger partial charge in [-0.1, -0.05) is 23.4 Å². The fourth-order valence-electron chi connectivity index (χ4n) is 3.24. The summed E-state index contributed by atoms with van der Waals surface area (Å²) in [5.41, 5.74) is 6.36. The molecule has 0 spiro atoms. The molecule has 1 aromatic carbocycles. The van der Waals surface area contributed by atoms with E-state index in [4.69, 9.17) is 4.98 Å². The number of H-pyrrole nitrogens is 1. The van der Waals surface area contributed by atoms with E-state index in [1.54, 1.807) is 28.9 Å². The van der Waals surface area contributed by atoms with E-state index in [1.807, 2.05) is 58.8 Å². The van der Waals surface area contributed by atoms with Crippen LogP contribution in [0.5, 0.6) is 0 Å². The van der Waals surface area contributed by atoms with Gasteiger partial charge < -0.3 is 4.98 Å². The molecular weight excluding hydrogens is 432 g/mol. The lowest BCUT2D eigenvalue weighted by Gasteiger charge is -2.06. The summed E-state index contributed by atoms with van der Waals surface area (Å²) in [7, 11) is 0. The highest BCUT2D eigenvalue weighted by Gasteiger charge is 2.17. The molecule has 0 saturated heterocycles. The van der Waals surface area contributed by atoms with E-state index in [-0.39, 0.29) is 11.5 Å². The Morgan fingerprint density at radius 1 is 1.03 bits per heavy atom. The number of aromatic amines is 1. The number of thiophene rings is 2. The van der Waals surface area contributed by atoms with Gasteiger partial charge >= 0.3 is 0 Å². The second kappa shape index (κ2) is 8.14. The normalized spacial score (nSPS) is 11.2. The molecular formula is C22H16N4OS3. The van der Waals surface area contributed by atoms with Crippen molar-refractivity contribution in [1.82, 2.24) is 20.2 Å². The van der Waals surface area contributed by atoms with Crippen LogP contribution in [0.3, 0.4) is 0 Å². The molecule has 0 atom stereocenters. The number of carbonyl (C=O) groups is 1. The molecule has 0 amide bonds. The molecule has 5 nitrogen and oxygen atoms in total. The minimum atomic E-state index is 0.0412. The minimum Gasteiger partial charge on any atom is -0.360 e. The Labute approximate surface area is 185 Å². The highest BCUT2D eigenvalue weighted by Crippen LogP contribution is 2.32. The van der Waals surface area contributed by atoms with Crippen LogP contribution < -0.4 is 0 Å². The first-order valence-corrected chi connectivity index (χ1v) is 12.1. The summed E-state index contributed by atoms with van der Waals surface area (Å²) in [6, 6.07) is 10.1. The number of ketones is 1. The molecule has 1 N–H and O–H groups in total. The molecule has 8 heteroatoms. The second-order valence-electron chi connectivity index (χ2n) is 6.78. The minimum absolute atomic E-state index is 0.0412. The second-order valence-corrected chi connectivity index (χ2v) is 9.28. The van der Waals surface area contributed by atoms with E-state index in [9.17, 15) is 4.79 Å². The van der Waals surface area contributed by atoms with Crippen LogP contribution in [0.2, 0.25) is 0 Å². The van der Waals surface area contributed by atoms with Crippen molar-refractivity contribution >= 4 is 51.1 Å². The Kier molecular flexibility index (Phi) is 5.20. The molecule has 30 heavy (non-hydrogen) atoms. The lowest BCUT2D eigenvalue weighted by Crippen LogP contribution is -2.04. The molecule has 0 bridgehead atoms. The van der Waals surface area contributed by atoms with Gasteiger partial charge in [-0.15, -0.1) is 10.2 Å². The first-order chi connectivity index (χ1) is 14.7. The zero-order valence-corrected chi connectivity index (χ0v) is 18.4. The van der Waals surface area contributed by atoms with Crippen LogP contribution >= 0.6 is 34.4 Å². The molecule has 148 valence electrons. The van der Waals surface area contributed by atoms with Gasteiger partial charge in [-0.2, -0.15) is 22.7 Å². The van der Waals surface area contributed by atoms with Gasteiger partial charge in [-0.3, -0.25) is 4.79 Å². The number of aryl methyl sites for hydroxylation is 1. The van der Waals surface area contributed by atoms with E-state index in [0.717, 1.165) is 39.0 Å². The average molecular weight is 449 g/mol. The van der Waals surface area contributed by atoms with Crippen LogP contribution in [0.4, 0.5) is 0 Å². The number of hydrogen-bond donors (Lipinski definition) is 1. The first kappa shape index (κ1) is 19.2. The summed E-state index contributed by atoms with van der Waals surface area (Å²) in [5.74, 6) is 0.295. The largest absolute Gasteiger partial charge is 0.360 e. The standard InChI is InChI=1S/C22H16N4OS3/c1-13-2-3-18-16(8-13)17(9-23-18)19(27)12-30-22-24-20(14-4-6-28-10-14)21(25-26-22)15-5-7-29-11-15/h2-11,23H,12H2,1H3. The van der Waals surface area contributed by atoms with Gasteiger partial charge in [0.2, 0.25) is 5.16 Å². The highest BCUT2D eigenvalue weighted by molar-refractivity contribution is 7.99.